The molecule has 0 unspecified atom stereocenters. The Hall–Kier alpha value is -2.46. The lowest BCUT2D eigenvalue weighted by molar-refractivity contribution is 0.0921. The fourth-order valence-electron chi connectivity index (χ4n) is 3.09. The molecule has 1 aliphatic heterocycles. The zero-order valence-electron chi connectivity index (χ0n) is 12.2. The summed E-state index contributed by atoms with van der Waals surface area (Å²) in [5, 5.41) is 0. The number of hydrogen-bond acceptors (Lipinski definition) is 3. The molecule has 3 aromatic rings. The van der Waals surface area contributed by atoms with Crippen LogP contribution in [0.1, 0.15) is 21.5 Å². The maximum absolute atomic E-state index is 12.5. The van der Waals surface area contributed by atoms with Crippen molar-refractivity contribution in [1.82, 2.24) is 14.9 Å². The molecule has 4 heteroatoms. The minimum Gasteiger partial charge on any atom is -0.345 e. The number of carbonyl (C=O) groups is 1. The average molecular weight is 291 g/mol. The van der Waals surface area contributed by atoms with Gasteiger partial charge in [0.2, 0.25) is 0 Å². The number of H-pyrrole nitrogens is 1. The molecule has 0 spiro atoms. The van der Waals surface area contributed by atoms with Crippen molar-refractivity contribution in [2.75, 3.05) is 13.1 Å². The second-order valence-corrected chi connectivity index (χ2v) is 5.79. The van der Waals surface area contributed by atoms with Gasteiger partial charge in [0.1, 0.15) is 0 Å². The molecule has 2 heterocycles. The van der Waals surface area contributed by atoms with E-state index in [-0.39, 0.29) is 5.78 Å². The van der Waals surface area contributed by atoms with Gasteiger partial charge in [0.15, 0.2) is 5.78 Å². The van der Waals surface area contributed by atoms with Crippen LogP contribution in [0.5, 0.6) is 0 Å². The number of nitrogens with zero attached hydrogens (tertiary/aromatic N) is 2. The molecule has 4 rings (SSSR count). The molecule has 0 radical (unpaired) electrons. The predicted molar refractivity (Wildman–Crippen MR) is 85.8 cm³/mol. The summed E-state index contributed by atoms with van der Waals surface area (Å²) in [5.41, 5.74) is 5.30. The number of carbonyl (C=O) groups excluding carboxylic acids is 1. The van der Waals surface area contributed by atoms with Crippen LogP contribution in [0.15, 0.2) is 48.8 Å². The third-order valence-electron chi connectivity index (χ3n) is 4.32. The predicted octanol–water partition coefficient (Wildman–Crippen LogP) is 2.80. The Morgan fingerprint density at radius 3 is 2.95 bits per heavy atom. The lowest BCUT2D eigenvalue weighted by Crippen LogP contribution is -2.34. The summed E-state index contributed by atoms with van der Waals surface area (Å²) < 4.78 is 0. The highest BCUT2D eigenvalue weighted by atomic mass is 16.1. The molecule has 0 atom stereocenters. The zero-order chi connectivity index (χ0) is 14.9. The minimum atomic E-state index is 0.163. The van der Waals surface area contributed by atoms with Gasteiger partial charge in [-0.05, 0) is 35.7 Å². The molecule has 0 saturated carbocycles. The first kappa shape index (κ1) is 13.2. The third kappa shape index (κ3) is 2.42. The number of fused-ring (bicyclic) bond motifs is 2. The topological polar surface area (TPSA) is 49.0 Å². The number of rotatable bonds is 3. The molecular weight excluding hydrogens is 274 g/mol. The van der Waals surface area contributed by atoms with Crippen LogP contribution in [0.3, 0.4) is 0 Å². The monoisotopic (exact) mass is 291 g/mol. The van der Waals surface area contributed by atoms with Crippen LogP contribution in [0.2, 0.25) is 0 Å². The van der Waals surface area contributed by atoms with E-state index in [1.807, 2.05) is 18.2 Å². The maximum Gasteiger partial charge on any atom is 0.176 e. The Morgan fingerprint density at radius 1 is 1.18 bits per heavy atom. The van der Waals surface area contributed by atoms with Crippen molar-refractivity contribution in [3.05, 3.63) is 65.5 Å². The first-order chi connectivity index (χ1) is 10.8. The zero-order valence-corrected chi connectivity index (χ0v) is 12.2. The number of Topliss-reactive ketones (excluding diaryl/α,β-unsaturated/α-hetero) is 1. The molecule has 0 amide bonds. The van der Waals surface area contributed by atoms with Crippen molar-refractivity contribution in [2.45, 2.75) is 13.0 Å². The standard InChI is InChI=1S/C18H17N3O/c22-18(14-5-6-16-17(9-14)20-12-19-16)11-21-8-7-13-3-1-2-4-15(13)10-21/h1-6,9,12H,7-8,10-11H2,(H,19,20). The van der Waals surface area contributed by atoms with Crippen LogP contribution in [-0.2, 0) is 13.0 Å². The second kappa shape index (κ2) is 5.39. The summed E-state index contributed by atoms with van der Waals surface area (Å²) in [6.45, 7) is 2.26. The maximum atomic E-state index is 12.5. The Labute approximate surface area is 128 Å². The van der Waals surface area contributed by atoms with E-state index >= 15 is 0 Å². The summed E-state index contributed by atoms with van der Waals surface area (Å²) in [4.78, 5) is 22.0. The quantitative estimate of drug-likeness (QED) is 0.755. The van der Waals surface area contributed by atoms with E-state index in [1.54, 1.807) is 6.33 Å². The summed E-state index contributed by atoms with van der Waals surface area (Å²) in [6.07, 6.45) is 2.67. The molecule has 110 valence electrons. The summed E-state index contributed by atoms with van der Waals surface area (Å²) in [5.74, 6) is 0.163. The van der Waals surface area contributed by atoms with Gasteiger partial charge in [0.05, 0.1) is 23.9 Å². The highest BCUT2D eigenvalue weighted by Gasteiger charge is 2.19. The van der Waals surface area contributed by atoms with Crippen LogP contribution in [0.25, 0.3) is 11.0 Å². The fourth-order valence-corrected chi connectivity index (χ4v) is 3.09. The molecule has 0 bridgehead atoms. The van der Waals surface area contributed by atoms with E-state index in [0.29, 0.717) is 6.54 Å². The number of aromatic amines is 1. The van der Waals surface area contributed by atoms with Gasteiger partial charge >= 0.3 is 0 Å². The fraction of sp³-hybridized carbons (Fsp3) is 0.222. The molecular formula is C18H17N3O. The second-order valence-electron chi connectivity index (χ2n) is 5.79. The van der Waals surface area contributed by atoms with Gasteiger partial charge in [-0.2, -0.15) is 0 Å². The van der Waals surface area contributed by atoms with Gasteiger partial charge in [-0.1, -0.05) is 24.3 Å². The third-order valence-corrected chi connectivity index (χ3v) is 4.32. The van der Waals surface area contributed by atoms with E-state index in [4.69, 9.17) is 0 Å². The normalized spacial score (nSPS) is 14.9. The van der Waals surface area contributed by atoms with Gasteiger partial charge in [-0.3, -0.25) is 9.69 Å². The van der Waals surface area contributed by atoms with Gasteiger partial charge < -0.3 is 4.98 Å². The van der Waals surface area contributed by atoms with Crippen LogP contribution in [0, 0.1) is 0 Å². The van der Waals surface area contributed by atoms with E-state index in [0.717, 1.165) is 36.1 Å². The number of imidazole rings is 1. The molecule has 1 aromatic heterocycles. The Balaban J connectivity index is 1.50. The van der Waals surface area contributed by atoms with Crippen LogP contribution >= 0.6 is 0 Å². The van der Waals surface area contributed by atoms with Crippen molar-refractivity contribution in [3.8, 4) is 0 Å². The van der Waals surface area contributed by atoms with Crippen molar-refractivity contribution < 1.29 is 4.79 Å². The molecule has 0 fully saturated rings. The first-order valence-electron chi connectivity index (χ1n) is 7.55. The molecule has 22 heavy (non-hydrogen) atoms. The van der Waals surface area contributed by atoms with E-state index in [2.05, 4.69) is 39.1 Å². The molecule has 1 aliphatic rings. The number of hydrogen-bond donors (Lipinski definition) is 1. The molecule has 0 aliphatic carbocycles. The SMILES string of the molecule is O=C(CN1CCc2ccccc2C1)c1ccc2nc[nH]c2c1. The minimum absolute atomic E-state index is 0.163. The molecule has 4 nitrogen and oxygen atoms in total. The lowest BCUT2D eigenvalue weighted by Gasteiger charge is -2.28. The van der Waals surface area contributed by atoms with Crippen molar-refractivity contribution >= 4 is 16.8 Å². The molecule has 0 saturated heterocycles. The number of ketones is 1. The summed E-state index contributed by atoms with van der Waals surface area (Å²) >= 11 is 0. The van der Waals surface area contributed by atoms with E-state index in [9.17, 15) is 4.79 Å². The average Bonchev–Trinajstić information content (AvgIpc) is 3.02. The van der Waals surface area contributed by atoms with Gasteiger partial charge in [0.25, 0.3) is 0 Å². The van der Waals surface area contributed by atoms with Crippen molar-refractivity contribution in [1.29, 1.82) is 0 Å². The molecule has 1 N–H and O–H groups in total. The largest absolute Gasteiger partial charge is 0.345 e. The van der Waals surface area contributed by atoms with Crippen molar-refractivity contribution in [3.63, 3.8) is 0 Å². The van der Waals surface area contributed by atoms with Gasteiger partial charge in [-0.15, -0.1) is 0 Å². The smallest absolute Gasteiger partial charge is 0.176 e. The highest BCUT2D eigenvalue weighted by Crippen LogP contribution is 2.19. The summed E-state index contributed by atoms with van der Waals surface area (Å²) in [7, 11) is 0. The number of nitrogens with one attached hydrogen (secondary N) is 1. The Morgan fingerprint density at radius 2 is 2.05 bits per heavy atom. The van der Waals surface area contributed by atoms with Gasteiger partial charge in [0, 0.05) is 18.7 Å². The lowest BCUT2D eigenvalue weighted by atomic mass is 9.99. The number of benzene rings is 2. The Bertz CT molecular complexity index is 837. The van der Waals surface area contributed by atoms with Crippen molar-refractivity contribution in [2.24, 2.45) is 0 Å². The van der Waals surface area contributed by atoms with Gasteiger partial charge in [-0.25, -0.2) is 4.98 Å². The summed E-state index contributed by atoms with van der Waals surface area (Å²) in [6, 6.07) is 14.1. The van der Waals surface area contributed by atoms with E-state index < -0.39 is 0 Å². The highest BCUT2D eigenvalue weighted by molar-refractivity contribution is 6.00. The number of aromatic nitrogens is 2. The first-order valence-corrected chi connectivity index (χ1v) is 7.55. The van der Waals surface area contributed by atoms with Crippen LogP contribution in [-0.4, -0.2) is 33.7 Å². The van der Waals surface area contributed by atoms with Crippen LogP contribution < -0.4 is 0 Å². The Kier molecular flexibility index (Phi) is 3.24. The van der Waals surface area contributed by atoms with E-state index in [1.165, 1.54) is 11.1 Å². The van der Waals surface area contributed by atoms with Crippen LogP contribution in [0.4, 0.5) is 0 Å². The molecule has 2 aromatic carbocycles.